The van der Waals surface area contributed by atoms with Crippen molar-refractivity contribution in [2.75, 3.05) is 6.54 Å². The molecule has 0 spiro atoms. The van der Waals surface area contributed by atoms with Gasteiger partial charge in [0.25, 0.3) is 0 Å². The Labute approximate surface area is 88.4 Å². The molecule has 15 heavy (non-hydrogen) atoms. The van der Waals surface area contributed by atoms with Crippen LogP contribution in [0.1, 0.15) is 30.1 Å². The molecule has 0 aliphatic carbocycles. The van der Waals surface area contributed by atoms with Crippen LogP contribution in [0.5, 0.6) is 0 Å². The monoisotopic (exact) mass is 207 g/mol. The molecule has 0 unspecified atom stereocenters. The summed E-state index contributed by atoms with van der Waals surface area (Å²) in [5.41, 5.74) is 2.17. The van der Waals surface area contributed by atoms with E-state index in [1.807, 2.05) is 6.07 Å². The Hall–Kier alpha value is -0.930. The Morgan fingerprint density at radius 2 is 2.33 bits per heavy atom. The minimum atomic E-state index is -0.169. The zero-order valence-corrected chi connectivity index (χ0v) is 8.50. The Morgan fingerprint density at radius 1 is 1.40 bits per heavy atom. The molecule has 2 heterocycles. The smallest absolute Gasteiger partial charge is 0.123 e. The van der Waals surface area contributed by atoms with Crippen LogP contribution in [0.25, 0.3) is 0 Å². The lowest BCUT2D eigenvalue weighted by molar-refractivity contribution is 0.0426. The summed E-state index contributed by atoms with van der Waals surface area (Å²) in [4.78, 5) is 0. The van der Waals surface area contributed by atoms with Gasteiger partial charge in [-0.1, -0.05) is 6.07 Å². The third kappa shape index (κ3) is 1.56. The van der Waals surface area contributed by atoms with E-state index in [2.05, 4.69) is 5.32 Å². The number of rotatable bonds is 1. The number of hydrogen-bond donors (Lipinski definition) is 1. The van der Waals surface area contributed by atoms with Gasteiger partial charge >= 0.3 is 0 Å². The van der Waals surface area contributed by atoms with Crippen LogP contribution in [0.15, 0.2) is 18.2 Å². The van der Waals surface area contributed by atoms with Gasteiger partial charge in [-0.3, -0.25) is 0 Å². The van der Waals surface area contributed by atoms with E-state index in [-0.39, 0.29) is 11.9 Å². The number of fused-ring (bicyclic) bond motifs is 1. The summed E-state index contributed by atoms with van der Waals surface area (Å²) in [5, 5.41) is 3.44. The Bertz CT molecular complexity index is 374. The Kier molecular flexibility index (Phi) is 2.22. The molecular weight excluding hydrogens is 193 g/mol. The van der Waals surface area contributed by atoms with Gasteiger partial charge in [-0.2, -0.15) is 0 Å². The molecule has 1 saturated heterocycles. The Morgan fingerprint density at radius 3 is 3.13 bits per heavy atom. The van der Waals surface area contributed by atoms with E-state index in [4.69, 9.17) is 4.74 Å². The lowest BCUT2D eigenvalue weighted by Crippen LogP contribution is -2.28. The fourth-order valence-corrected chi connectivity index (χ4v) is 2.55. The third-order valence-electron chi connectivity index (χ3n) is 3.29. The molecule has 1 aromatic rings. The van der Waals surface area contributed by atoms with E-state index in [0.29, 0.717) is 12.6 Å². The molecular formula is C12H14FNO. The second kappa shape index (κ2) is 3.58. The topological polar surface area (TPSA) is 21.3 Å². The van der Waals surface area contributed by atoms with Crippen LogP contribution in [0, 0.1) is 5.82 Å². The van der Waals surface area contributed by atoms with Crippen LogP contribution < -0.4 is 5.32 Å². The van der Waals surface area contributed by atoms with Crippen molar-refractivity contribution in [3.63, 3.8) is 0 Å². The van der Waals surface area contributed by atoms with Crippen LogP contribution >= 0.6 is 0 Å². The zero-order chi connectivity index (χ0) is 10.3. The van der Waals surface area contributed by atoms with Gasteiger partial charge in [-0.15, -0.1) is 0 Å². The maximum absolute atomic E-state index is 13.0. The van der Waals surface area contributed by atoms with Crippen LogP contribution in [-0.2, 0) is 11.3 Å². The molecule has 3 heteroatoms. The van der Waals surface area contributed by atoms with Gasteiger partial charge in [-0.25, -0.2) is 4.39 Å². The van der Waals surface area contributed by atoms with Crippen molar-refractivity contribution in [1.29, 1.82) is 0 Å². The highest BCUT2D eigenvalue weighted by atomic mass is 19.1. The second-order valence-electron chi connectivity index (χ2n) is 4.28. The van der Waals surface area contributed by atoms with Gasteiger partial charge in [0.05, 0.1) is 12.7 Å². The summed E-state index contributed by atoms with van der Waals surface area (Å²) in [6.07, 6.45) is 2.49. The molecule has 2 nitrogen and oxygen atoms in total. The molecule has 2 atom stereocenters. The number of hydrogen-bond acceptors (Lipinski definition) is 2. The molecule has 0 bridgehead atoms. The predicted octanol–water partition coefficient (Wildman–Crippen LogP) is 2.15. The third-order valence-corrected chi connectivity index (χ3v) is 3.29. The van der Waals surface area contributed by atoms with Gasteiger partial charge in [-0.05, 0) is 42.6 Å². The fraction of sp³-hybridized carbons (Fsp3) is 0.500. The maximum Gasteiger partial charge on any atom is 0.123 e. The van der Waals surface area contributed by atoms with Crippen molar-refractivity contribution in [3.05, 3.63) is 35.1 Å². The van der Waals surface area contributed by atoms with Crippen molar-refractivity contribution in [2.45, 2.75) is 31.6 Å². The van der Waals surface area contributed by atoms with Crippen molar-refractivity contribution >= 4 is 0 Å². The summed E-state index contributed by atoms with van der Waals surface area (Å²) in [6, 6.07) is 5.39. The molecule has 0 radical (unpaired) electrons. The summed E-state index contributed by atoms with van der Waals surface area (Å²) in [6.45, 7) is 1.62. The number of nitrogens with one attached hydrogen (secondary N) is 1. The molecule has 1 aromatic carbocycles. The van der Waals surface area contributed by atoms with E-state index in [1.165, 1.54) is 12.5 Å². The van der Waals surface area contributed by atoms with Crippen LogP contribution in [-0.4, -0.2) is 12.6 Å². The molecule has 0 saturated carbocycles. The van der Waals surface area contributed by atoms with Gasteiger partial charge in [0, 0.05) is 6.04 Å². The average molecular weight is 207 g/mol. The first-order valence-electron chi connectivity index (χ1n) is 5.48. The van der Waals surface area contributed by atoms with Crippen LogP contribution in [0.4, 0.5) is 4.39 Å². The molecule has 80 valence electrons. The molecule has 0 amide bonds. The van der Waals surface area contributed by atoms with Gasteiger partial charge in [0.2, 0.25) is 0 Å². The normalized spacial score (nSPS) is 29.4. The molecule has 2 aliphatic heterocycles. The highest BCUT2D eigenvalue weighted by molar-refractivity contribution is 5.33. The summed E-state index contributed by atoms with van der Waals surface area (Å²) < 4.78 is 18.7. The highest BCUT2D eigenvalue weighted by Crippen LogP contribution is 2.35. The number of halogens is 1. The second-order valence-corrected chi connectivity index (χ2v) is 4.28. The Balaban J connectivity index is 1.90. The van der Waals surface area contributed by atoms with Crippen molar-refractivity contribution in [2.24, 2.45) is 0 Å². The van der Waals surface area contributed by atoms with Crippen molar-refractivity contribution in [1.82, 2.24) is 5.32 Å². The predicted molar refractivity (Wildman–Crippen MR) is 55.0 cm³/mol. The lowest BCUT2D eigenvalue weighted by atomic mass is 9.99. The summed E-state index contributed by atoms with van der Waals surface area (Å²) >= 11 is 0. The average Bonchev–Trinajstić information content (AvgIpc) is 2.82. The minimum Gasteiger partial charge on any atom is -0.367 e. The summed E-state index contributed by atoms with van der Waals surface area (Å²) in [5.74, 6) is -0.169. The minimum absolute atomic E-state index is 0.128. The first kappa shape index (κ1) is 9.31. The summed E-state index contributed by atoms with van der Waals surface area (Å²) in [7, 11) is 0. The molecule has 0 aromatic heterocycles. The largest absolute Gasteiger partial charge is 0.367 e. The molecule has 3 rings (SSSR count). The van der Waals surface area contributed by atoms with E-state index in [0.717, 1.165) is 24.1 Å². The van der Waals surface area contributed by atoms with Gasteiger partial charge < -0.3 is 10.1 Å². The van der Waals surface area contributed by atoms with Crippen molar-refractivity contribution < 1.29 is 9.13 Å². The van der Waals surface area contributed by atoms with Crippen molar-refractivity contribution in [3.8, 4) is 0 Å². The first-order chi connectivity index (χ1) is 7.34. The first-order valence-corrected chi connectivity index (χ1v) is 5.48. The highest BCUT2D eigenvalue weighted by Gasteiger charge is 2.32. The fourth-order valence-electron chi connectivity index (χ4n) is 2.55. The molecule has 1 fully saturated rings. The lowest BCUT2D eigenvalue weighted by Gasteiger charge is -2.18. The number of ether oxygens (including phenoxy) is 1. The standard InChI is InChI=1S/C12H14FNO/c13-9-3-4-10-8(6-9)7-15-12(10)11-2-1-5-14-11/h3-4,6,11-12,14H,1-2,5,7H2/t11-,12-/m1/s1. The van der Waals surface area contributed by atoms with Crippen LogP contribution in [0.2, 0.25) is 0 Å². The van der Waals surface area contributed by atoms with Gasteiger partial charge in [0.1, 0.15) is 5.82 Å². The van der Waals surface area contributed by atoms with E-state index in [1.54, 1.807) is 6.07 Å². The maximum atomic E-state index is 13.0. The molecule has 2 aliphatic rings. The van der Waals surface area contributed by atoms with E-state index >= 15 is 0 Å². The quantitative estimate of drug-likeness (QED) is 0.761. The van der Waals surface area contributed by atoms with Gasteiger partial charge in [0.15, 0.2) is 0 Å². The SMILES string of the molecule is Fc1ccc2c(c1)CO[C@H]2[C@H]1CCCN1. The van der Waals surface area contributed by atoms with E-state index < -0.39 is 0 Å². The zero-order valence-electron chi connectivity index (χ0n) is 8.50. The number of benzene rings is 1. The molecule has 1 N–H and O–H groups in total. The van der Waals surface area contributed by atoms with Crippen LogP contribution in [0.3, 0.4) is 0 Å². The van der Waals surface area contributed by atoms with E-state index in [9.17, 15) is 4.39 Å².